The second-order valence-corrected chi connectivity index (χ2v) is 7.27. The summed E-state index contributed by atoms with van der Waals surface area (Å²) in [6, 6.07) is 11.6. The summed E-state index contributed by atoms with van der Waals surface area (Å²) in [5, 5.41) is 10.8. The number of likely N-dealkylation sites (tertiary alicyclic amines) is 1. The van der Waals surface area contributed by atoms with Crippen molar-refractivity contribution >= 4 is 28.5 Å². The fourth-order valence-corrected chi connectivity index (χ4v) is 3.63. The quantitative estimate of drug-likeness (QED) is 0.731. The van der Waals surface area contributed by atoms with Gasteiger partial charge in [-0.25, -0.2) is 4.98 Å². The Kier molecular flexibility index (Phi) is 5.06. The van der Waals surface area contributed by atoms with Crippen molar-refractivity contribution in [1.29, 1.82) is 0 Å². The molecule has 4 rings (SSSR count). The molecule has 3 heterocycles. The molecular weight excluding hydrogens is 354 g/mol. The number of nitrogens with one attached hydrogen (secondary N) is 2. The van der Waals surface area contributed by atoms with Crippen LogP contribution in [0.25, 0.3) is 11.0 Å². The molecule has 28 heavy (non-hydrogen) atoms. The van der Waals surface area contributed by atoms with Gasteiger partial charge in [0.25, 0.3) is 0 Å². The van der Waals surface area contributed by atoms with Crippen molar-refractivity contribution in [3.63, 3.8) is 0 Å². The molecule has 1 aliphatic heterocycles. The van der Waals surface area contributed by atoms with Gasteiger partial charge in [-0.15, -0.1) is 0 Å². The number of carbonyl (C=O) groups excluding carboxylic acids is 2. The van der Waals surface area contributed by atoms with Gasteiger partial charge in [-0.2, -0.15) is 5.10 Å². The number of fused-ring (bicyclic) bond motifs is 1. The topological polar surface area (TPSA) is 91.0 Å². The summed E-state index contributed by atoms with van der Waals surface area (Å²) in [5.74, 6) is -0.213. The van der Waals surface area contributed by atoms with E-state index in [4.69, 9.17) is 0 Å². The lowest BCUT2D eigenvalue weighted by Crippen LogP contribution is -2.44. The molecule has 1 aliphatic rings. The monoisotopic (exact) mass is 377 g/mol. The van der Waals surface area contributed by atoms with Crippen LogP contribution < -0.4 is 5.32 Å². The lowest BCUT2D eigenvalue weighted by Gasteiger charge is -2.32. The Labute approximate surface area is 163 Å². The number of carbonyl (C=O) groups is 2. The number of benzene rings is 1. The first-order valence-corrected chi connectivity index (χ1v) is 9.53. The molecule has 0 radical (unpaired) electrons. The second-order valence-electron chi connectivity index (χ2n) is 7.27. The van der Waals surface area contributed by atoms with Crippen molar-refractivity contribution in [1.82, 2.24) is 20.1 Å². The number of rotatable bonds is 4. The van der Waals surface area contributed by atoms with E-state index in [2.05, 4.69) is 20.5 Å². The van der Waals surface area contributed by atoms with Crippen molar-refractivity contribution in [2.75, 3.05) is 18.4 Å². The molecule has 7 heteroatoms. The number of aromatic nitrogens is 3. The average Bonchev–Trinajstić information content (AvgIpc) is 3.09. The summed E-state index contributed by atoms with van der Waals surface area (Å²) in [6.45, 7) is 3.08. The van der Waals surface area contributed by atoms with Crippen molar-refractivity contribution in [3.8, 4) is 0 Å². The number of hydrogen-bond donors (Lipinski definition) is 2. The lowest BCUT2D eigenvalue weighted by molar-refractivity contribution is -0.133. The Morgan fingerprint density at radius 3 is 2.93 bits per heavy atom. The van der Waals surface area contributed by atoms with E-state index in [9.17, 15) is 9.59 Å². The highest BCUT2D eigenvalue weighted by molar-refractivity contribution is 5.95. The van der Waals surface area contributed by atoms with Gasteiger partial charge in [-0.3, -0.25) is 14.7 Å². The summed E-state index contributed by atoms with van der Waals surface area (Å²) >= 11 is 0. The number of anilines is 1. The van der Waals surface area contributed by atoms with Gasteiger partial charge in [-0.05, 0) is 31.4 Å². The highest BCUT2D eigenvalue weighted by Crippen LogP contribution is 2.22. The van der Waals surface area contributed by atoms with Crippen molar-refractivity contribution < 1.29 is 9.59 Å². The zero-order chi connectivity index (χ0) is 19.5. The Morgan fingerprint density at radius 1 is 1.29 bits per heavy atom. The number of piperidine rings is 1. The molecule has 1 unspecified atom stereocenters. The molecule has 2 amide bonds. The normalized spacial score (nSPS) is 16.9. The predicted molar refractivity (Wildman–Crippen MR) is 107 cm³/mol. The van der Waals surface area contributed by atoms with Gasteiger partial charge >= 0.3 is 0 Å². The molecule has 2 N–H and O–H groups in total. The van der Waals surface area contributed by atoms with Gasteiger partial charge in [0, 0.05) is 24.2 Å². The molecule has 0 bridgehead atoms. The zero-order valence-corrected chi connectivity index (χ0v) is 15.8. The van der Waals surface area contributed by atoms with Gasteiger partial charge in [0.05, 0.1) is 24.2 Å². The minimum Gasteiger partial charge on any atom is -0.342 e. The van der Waals surface area contributed by atoms with Crippen LogP contribution in [0.4, 0.5) is 5.69 Å². The third-order valence-corrected chi connectivity index (χ3v) is 5.21. The third kappa shape index (κ3) is 3.88. The molecule has 144 valence electrons. The summed E-state index contributed by atoms with van der Waals surface area (Å²) in [4.78, 5) is 31.5. The van der Waals surface area contributed by atoms with Crippen molar-refractivity contribution in [2.45, 2.75) is 26.2 Å². The molecule has 1 atom stereocenters. The van der Waals surface area contributed by atoms with Crippen LogP contribution >= 0.6 is 0 Å². The summed E-state index contributed by atoms with van der Waals surface area (Å²) in [7, 11) is 0. The Morgan fingerprint density at radius 2 is 2.11 bits per heavy atom. The van der Waals surface area contributed by atoms with Gasteiger partial charge in [0.15, 0.2) is 5.65 Å². The smallest absolute Gasteiger partial charge is 0.229 e. The molecule has 7 nitrogen and oxygen atoms in total. The minimum absolute atomic E-state index is 0.0699. The van der Waals surface area contributed by atoms with Crippen LogP contribution in [0.15, 0.2) is 42.6 Å². The molecule has 1 fully saturated rings. The minimum atomic E-state index is -0.213. The molecule has 0 aliphatic carbocycles. The van der Waals surface area contributed by atoms with E-state index in [0.717, 1.165) is 29.5 Å². The van der Waals surface area contributed by atoms with Gasteiger partial charge in [-0.1, -0.05) is 30.3 Å². The fraction of sp³-hybridized carbons (Fsp3) is 0.333. The molecule has 3 aromatic rings. The van der Waals surface area contributed by atoms with E-state index < -0.39 is 0 Å². The van der Waals surface area contributed by atoms with E-state index in [1.807, 2.05) is 48.2 Å². The first-order valence-electron chi connectivity index (χ1n) is 9.53. The van der Waals surface area contributed by atoms with E-state index in [0.29, 0.717) is 30.8 Å². The van der Waals surface area contributed by atoms with E-state index in [1.165, 1.54) is 0 Å². The molecule has 0 spiro atoms. The number of pyridine rings is 1. The van der Waals surface area contributed by atoms with Crippen LogP contribution in [-0.4, -0.2) is 45.0 Å². The maximum Gasteiger partial charge on any atom is 0.229 e. The number of nitrogens with zero attached hydrogens (tertiary/aromatic N) is 3. The van der Waals surface area contributed by atoms with Gasteiger partial charge in [0.1, 0.15) is 0 Å². The first-order chi connectivity index (χ1) is 13.6. The Bertz CT molecular complexity index is 998. The summed E-state index contributed by atoms with van der Waals surface area (Å²) in [6.07, 6.45) is 3.59. The van der Waals surface area contributed by atoms with Crippen LogP contribution in [0.5, 0.6) is 0 Å². The molecule has 2 aromatic heterocycles. The molecule has 1 saturated heterocycles. The molecule has 1 aromatic carbocycles. The highest BCUT2D eigenvalue weighted by Gasteiger charge is 2.28. The van der Waals surface area contributed by atoms with Crippen LogP contribution in [0.2, 0.25) is 0 Å². The van der Waals surface area contributed by atoms with Crippen molar-refractivity contribution in [3.05, 3.63) is 53.9 Å². The van der Waals surface area contributed by atoms with Gasteiger partial charge in [0.2, 0.25) is 11.8 Å². The molecular formula is C21H23N5O2. The maximum atomic E-state index is 12.8. The van der Waals surface area contributed by atoms with Crippen LogP contribution in [0.1, 0.15) is 24.1 Å². The zero-order valence-electron chi connectivity index (χ0n) is 15.8. The number of H-pyrrole nitrogens is 1. The van der Waals surface area contributed by atoms with E-state index >= 15 is 0 Å². The number of aryl methyl sites for hydroxylation is 1. The second kappa shape index (κ2) is 7.80. The standard InChI is InChI=1S/C21H23N5O2/c1-14-18-11-17(12-22-20(18)25-24-14)23-21(28)16-8-5-9-26(13-16)19(27)10-15-6-3-2-4-7-15/h2-4,6-7,11-12,16H,5,8-10,13H2,1H3,(H,23,28)(H,22,24,25). The van der Waals surface area contributed by atoms with Crippen LogP contribution in [-0.2, 0) is 16.0 Å². The number of aromatic amines is 1. The predicted octanol–water partition coefficient (Wildman–Crippen LogP) is 2.69. The van der Waals surface area contributed by atoms with E-state index in [-0.39, 0.29) is 17.7 Å². The van der Waals surface area contributed by atoms with E-state index in [1.54, 1.807) is 6.20 Å². The third-order valence-electron chi connectivity index (χ3n) is 5.21. The van der Waals surface area contributed by atoms with Crippen LogP contribution in [0, 0.1) is 12.8 Å². The SMILES string of the molecule is Cc1[nH]nc2ncc(NC(=O)C3CCCN(C(=O)Cc4ccccc4)C3)cc12. The number of amides is 2. The van der Waals surface area contributed by atoms with Crippen molar-refractivity contribution in [2.24, 2.45) is 5.92 Å². The lowest BCUT2D eigenvalue weighted by atomic mass is 9.96. The number of hydrogen-bond acceptors (Lipinski definition) is 4. The largest absolute Gasteiger partial charge is 0.342 e. The Hall–Kier alpha value is -3.22. The average molecular weight is 377 g/mol. The fourth-order valence-electron chi connectivity index (χ4n) is 3.63. The molecule has 0 saturated carbocycles. The summed E-state index contributed by atoms with van der Waals surface area (Å²) in [5.41, 5.74) is 3.18. The highest BCUT2D eigenvalue weighted by atomic mass is 16.2. The first kappa shape index (κ1) is 18.2. The van der Waals surface area contributed by atoms with Crippen LogP contribution in [0.3, 0.4) is 0 Å². The summed E-state index contributed by atoms with van der Waals surface area (Å²) < 4.78 is 0. The maximum absolute atomic E-state index is 12.8. The van der Waals surface area contributed by atoms with Gasteiger partial charge < -0.3 is 10.2 Å². The Balaban J connectivity index is 1.39.